The van der Waals surface area contributed by atoms with Gasteiger partial charge in [0.25, 0.3) is 5.91 Å². The van der Waals surface area contributed by atoms with Gasteiger partial charge in [-0.25, -0.2) is 0 Å². The molecule has 5 nitrogen and oxygen atoms in total. The maximum absolute atomic E-state index is 12.9. The molecule has 1 N–H and O–H groups in total. The number of carbonyl (C=O) groups is 1. The minimum absolute atomic E-state index is 0.00600. The van der Waals surface area contributed by atoms with Crippen molar-refractivity contribution >= 4 is 5.91 Å². The monoisotopic (exact) mass is 354 g/mol. The second kappa shape index (κ2) is 8.49. The second-order valence-electron chi connectivity index (χ2n) is 7.35. The summed E-state index contributed by atoms with van der Waals surface area (Å²) in [5.41, 5.74) is 3.07. The van der Waals surface area contributed by atoms with Crippen molar-refractivity contribution in [1.82, 2.24) is 20.0 Å². The summed E-state index contributed by atoms with van der Waals surface area (Å²) in [5, 5.41) is 7.97. The van der Waals surface area contributed by atoms with Gasteiger partial charge in [0.15, 0.2) is 0 Å². The Kier molecular flexibility index (Phi) is 6.09. The zero-order valence-electron chi connectivity index (χ0n) is 16.1. The van der Waals surface area contributed by atoms with Crippen LogP contribution in [0.4, 0.5) is 0 Å². The van der Waals surface area contributed by atoms with Crippen molar-refractivity contribution in [3.8, 4) is 0 Å². The summed E-state index contributed by atoms with van der Waals surface area (Å²) in [7, 11) is 1.89. The molecule has 1 aromatic carbocycles. The molecule has 140 valence electrons. The molecular formula is C21H30N4O. The number of aromatic nitrogens is 2. The van der Waals surface area contributed by atoms with Gasteiger partial charge in [-0.1, -0.05) is 36.8 Å². The number of benzene rings is 1. The number of amides is 1. The first kappa shape index (κ1) is 18.6. The lowest BCUT2D eigenvalue weighted by Gasteiger charge is -2.27. The third-order valence-electron chi connectivity index (χ3n) is 5.40. The minimum atomic E-state index is 0.00600. The molecule has 1 amide bonds. The number of nitrogens with one attached hydrogen (secondary N) is 1. The van der Waals surface area contributed by atoms with Gasteiger partial charge < -0.3 is 10.2 Å². The van der Waals surface area contributed by atoms with E-state index in [9.17, 15) is 4.79 Å². The van der Waals surface area contributed by atoms with E-state index in [4.69, 9.17) is 0 Å². The van der Waals surface area contributed by atoms with Gasteiger partial charge in [0.1, 0.15) is 5.69 Å². The molecule has 0 bridgehead atoms. The van der Waals surface area contributed by atoms with Crippen LogP contribution in [-0.2, 0) is 6.42 Å². The molecule has 1 aliphatic rings. The summed E-state index contributed by atoms with van der Waals surface area (Å²) in [4.78, 5) is 14.8. The highest BCUT2D eigenvalue weighted by molar-refractivity contribution is 5.92. The van der Waals surface area contributed by atoms with Crippen LogP contribution in [0.25, 0.3) is 0 Å². The first-order valence-electron chi connectivity index (χ1n) is 9.67. The number of carbonyl (C=O) groups excluding carboxylic acids is 1. The Balaban J connectivity index is 1.67. The molecule has 0 saturated carbocycles. The minimum Gasteiger partial charge on any atom is -0.337 e. The lowest BCUT2D eigenvalue weighted by Crippen LogP contribution is -2.38. The highest BCUT2D eigenvalue weighted by Crippen LogP contribution is 2.18. The van der Waals surface area contributed by atoms with Crippen molar-refractivity contribution < 1.29 is 4.79 Å². The van der Waals surface area contributed by atoms with E-state index in [0.717, 1.165) is 38.8 Å². The average Bonchev–Trinajstić information content (AvgIpc) is 3.17. The molecule has 2 heterocycles. The summed E-state index contributed by atoms with van der Waals surface area (Å²) in [6.45, 7) is 6.23. The molecule has 1 fully saturated rings. The molecule has 26 heavy (non-hydrogen) atoms. The Morgan fingerprint density at radius 3 is 2.77 bits per heavy atom. The van der Waals surface area contributed by atoms with Crippen LogP contribution in [0.15, 0.2) is 36.5 Å². The fraction of sp³-hybridized carbons (Fsp3) is 0.524. The molecule has 0 aliphatic carbocycles. The third-order valence-corrected chi connectivity index (χ3v) is 5.40. The lowest BCUT2D eigenvalue weighted by molar-refractivity contribution is 0.0719. The Hall–Kier alpha value is -2.14. The van der Waals surface area contributed by atoms with E-state index in [1.807, 2.05) is 28.9 Å². The number of aryl methyl sites for hydroxylation is 1. The summed E-state index contributed by atoms with van der Waals surface area (Å²) in [5.74, 6) is 0.00600. The molecule has 1 aromatic heterocycles. The average molecular weight is 354 g/mol. The van der Waals surface area contributed by atoms with Crippen LogP contribution in [0.3, 0.4) is 0 Å². The van der Waals surface area contributed by atoms with Crippen molar-refractivity contribution in [2.45, 2.75) is 51.6 Å². The molecule has 3 rings (SSSR count). The Labute approximate surface area is 156 Å². The molecule has 1 aliphatic heterocycles. The molecule has 2 unspecified atom stereocenters. The fourth-order valence-electron chi connectivity index (χ4n) is 3.61. The van der Waals surface area contributed by atoms with Gasteiger partial charge in [0.05, 0.1) is 6.04 Å². The zero-order chi connectivity index (χ0) is 18.5. The normalized spacial score (nSPS) is 18.5. The number of piperidine rings is 1. The van der Waals surface area contributed by atoms with Crippen molar-refractivity contribution in [2.75, 3.05) is 20.1 Å². The van der Waals surface area contributed by atoms with Crippen molar-refractivity contribution in [2.24, 2.45) is 0 Å². The predicted molar refractivity (Wildman–Crippen MR) is 104 cm³/mol. The van der Waals surface area contributed by atoms with Crippen molar-refractivity contribution in [3.63, 3.8) is 0 Å². The van der Waals surface area contributed by atoms with Crippen molar-refractivity contribution in [1.29, 1.82) is 0 Å². The van der Waals surface area contributed by atoms with Gasteiger partial charge in [-0.15, -0.1) is 0 Å². The molecule has 0 radical (unpaired) electrons. The smallest absolute Gasteiger partial charge is 0.274 e. The lowest BCUT2D eigenvalue weighted by atomic mass is 10.0. The maximum Gasteiger partial charge on any atom is 0.274 e. The third kappa shape index (κ3) is 4.33. The first-order valence-corrected chi connectivity index (χ1v) is 9.67. The van der Waals surface area contributed by atoms with Gasteiger partial charge in [-0.3, -0.25) is 9.48 Å². The van der Waals surface area contributed by atoms with E-state index < -0.39 is 0 Å². The van der Waals surface area contributed by atoms with E-state index in [1.54, 1.807) is 0 Å². The number of rotatable bonds is 6. The maximum atomic E-state index is 12.9. The Morgan fingerprint density at radius 2 is 2.12 bits per heavy atom. The summed E-state index contributed by atoms with van der Waals surface area (Å²) >= 11 is 0. The van der Waals surface area contributed by atoms with E-state index in [-0.39, 0.29) is 11.9 Å². The molecule has 2 aromatic rings. The Morgan fingerprint density at radius 1 is 1.35 bits per heavy atom. The number of hydrogen-bond acceptors (Lipinski definition) is 3. The van der Waals surface area contributed by atoms with E-state index >= 15 is 0 Å². The topological polar surface area (TPSA) is 50.2 Å². The second-order valence-corrected chi connectivity index (χ2v) is 7.35. The Bertz CT molecular complexity index is 716. The van der Waals surface area contributed by atoms with Crippen LogP contribution in [0.2, 0.25) is 0 Å². The highest BCUT2D eigenvalue weighted by Gasteiger charge is 2.23. The first-order chi connectivity index (χ1) is 12.6. The molecule has 2 atom stereocenters. The van der Waals surface area contributed by atoms with Crippen LogP contribution in [0, 0.1) is 6.92 Å². The molecule has 5 heteroatoms. The highest BCUT2D eigenvalue weighted by atomic mass is 16.2. The van der Waals surface area contributed by atoms with Gasteiger partial charge >= 0.3 is 0 Å². The zero-order valence-corrected chi connectivity index (χ0v) is 16.1. The van der Waals surface area contributed by atoms with Gasteiger partial charge in [-0.05, 0) is 50.8 Å². The van der Waals surface area contributed by atoms with Crippen LogP contribution < -0.4 is 5.32 Å². The predicted octanol–water partition coefficient (Wildman–Crippen LogP) is 3.21. The summed E-state index contributed by atoms with van der Waals surface area (Å²) in [6.07, 6.45) is 6.00. The van der Waals surface area contributed by atoms with Crippen LogP contribution >= 0.6 is 0 Å². The van der Waals surface area contributed by atoms with E-state index in [2.05, 4.69) is 48.5 Å². The standard InChI is InChI=1S/C21H30N4O/c1-4-18(14-17-9-7-16(2)8-10-17)24(3)21(26)20-11-13-25(23-20)19-6-5-12-22-15-19/h7-11,13,18-19,22H,4-6,12,14-15H2,1-3H3. The number of likely N-dealkylation sites (N-methyl/N-ethyl adjacent to an activating group) is 1. The van der Waals surface area contributed by atoms with Crippen LogP contribution in [0.5, 0.6) is 0 Å². The summed E-state index contributed by atoms with van der Waals surface area (Å²) in [6, 6.07) is 10.9. The largest absolute Gasteiger partial charge is 0.337 e. The van der Waals surface area contributed by atoms with E-state index in [0.29, 0.717) is 11.7 Å². The fourth-order valence-corrected chi connectivity index (χ4v) is 3.61. The molecule has 0 spiro atoms. The van der Waals surface area contributed by atoms with Gasteiger partial charge in [-0.2, -0.15) is 5.10 Å². The summed E-state index contributed by atoms with van der Waals surface area (Å²) < 4.78 is 1.95. The SMILES string of the molecule is CCC(Cc1ccc(C)cc1)N(C)C(=O)c1ccn(C2CCCNC2)n1. The van der Waals surface area contributed by atoms with Gasteiger partial charge in [0, 0.05) is 25.8 Å². The van der Waals surface area contributed by atoms with E-state index in [1.165, 1.54) is 11.1 Å². The van der Waals surface area contributed by atoms with Gasteiger partial charge in [0.2, 0.25) is 0 Å². The quantitative estimate of drug-likeness (QED) is 0.867. The molecular weight excluding hydrogens is 324 g/mol. The number of hydrogen-bond donors (Lipinski definition) is 1. The molecule has 1 saturated heterocycles. The van der Waals surface area contributed by atoms with Crippen LogP contribution in [0.1, 0.15) is 53.8 Å². The van der Waals surface area contributed by atoms with Crippen molar-refractivity contribution in [3.05, 3.63) is 53.3 Å². The van der Waals surface area contributed by atoms with Crippen LogP contribution in [-0.4, -0.2) is 46.8 Å². The number of nitrogens with zero attached hydrogens (tertiary/aromatic N) is 3.